The molecule has 3 nitrogen and oxygen atoms in total. The Morgan fingerprint density at radius 3 is 2.82 bits per heavy atom. The lowest BCUT2D eigenvalue weighted by Crippen LogP contribution is -2.30. The monoisotopic (exact) mass is 232 g/mol. The number of benzene rings is 1. The molecule has 0 aromatic heterocycles. The van der Waals surface area contributed by atoms with Crippen LogP contribution in [0.2, 0.25) is 0 Å². The summed E-state index contributed by atoms with van der Waals surface area (Å²) in [7, 11) is 0. The number of carbonyl (C=O) groups is 2. The van der Waals surface area contributed by atoms with Crippen molar-refractivity contribution >= 4 is 11.8 Å². The van der Waals surface area contributed by atoms with E-state index in [2.05, 4.69) is 0 Å². The minimum absolute atomic E-state index is 0.0810. The lowest BCUT2D eigenvalue weighted by atomic mass is 9.87. The number of hydrogen-bond acceptors (Lipinski definition) is 3. The first-order valence-electron chi connectivity index (χ1n) is 5.70. The Bertz CT molecular complexity index is 490. The number of hydrogen-bond donors (Lipinski definition) is 0. The Labute approximate surface area is 101 Å². The molecule has 2 rings (SSSR count). The summed E-state index contributed by atoms with van der Waals surface area (Å²) in [4.78, 5) is 23.1. The Hall–Kier alpha value is -1.64. The van der Waals surface area contributed by atoms with E-state index in [0.717, 1.165) is 16.7 Å². The molecule has 0 heterocycles. The molecule has 0 spiro atoms. The maximum atomic E-state index is 12.3. The molecule has 0 amide bonds. The molecule has 1 aliphatic carbocycles. The van der Waals surface area contributed by atoms with Gasteiger partial charge in [0.2, 0.25) is 0 Å². The average Bonchev–Trinajstić information content (AvgIpc) is 2.51. The molecule has 1 aliphatic rings. The van der Waals surface area contributed by atoms with Gasteiger partial charge < -0.3 is 4.74 Å². The highest BCUT2D eigenvalue weighted by Gasteiger charge is 2.42. The van der Waals surface area contributed by atoms with Gasteiger partial charge in [0.25, 0.3) is 0 Å². The predicted octanol–water partition coefficient (Wildman–Crippen LogP) is 2.30. The van der Waals surface area contributed by atoms with Crippen LogP contribution in [0.15, 0.2) is 18.2 Å². The van der Waals surface area contributed by atoms with Crippen LogP contribution in [0.1, 0.15) is 35.3 Å². The van der Waals surface area contributed by atoms with Crippen LogP contribution in [-0.4, -0.2) is 18.4 Å². The zero-order valence-corrected chi connectivity index (χ0v) is 10.4. The summed E-state index contributed by atoms with van der Waals surface area (Å²) in [6.07, 6.45) is 0.648. The minimum atomic E-state index is -0.595. The molecule has 3 heteroatoms. The maximum Gasteiger partial charge on any atom is 0.302 e. The molecule has 0 N–H and O–H groups in total. The minimum Gasteiger partial charge on any atom is -0.465 e. The van der Waals surface area contributed by atoms with Crippen LogP contribution >= 0.6 is 0 Å². The molecule has 0 saturated heterocycles. The molecule has 17 heavy (non-hydrogen) atoms. The van der Waals surface area contributed by atoms with Crippen molar-refractivity contribution in [3.05, 3.63) is 34.9 Å². The molecule has 1 aromatic rings. The second kappa shape index (κ2) is 3.99. The van der Waals surface area contributed by atoms with Gasteiger partial charge in [-0.2, -0.15) is 0 Å². The fraction of sp³-hybridized carbons (Fsp3) is 0.429. The van der Waals surface area contributed by atoms with Crippen molar-refractivity contribution in [3.63, 3.8) is 0 Å². The highest BCUT2D eigenvalue weighted by Crippen LogP contribution is 2.37. The maximum absolute atomic E-state index is 12.3. The number of fused-ring (bicyclic) bond motifs is 1. The number of Topliss-reactive ketones (excluding diaryl/α,β-unsaturated/α-hetero) is 1. The molecule has 0 bridgehead atoms. The summed E-state index contributed by atoms with van der Waals surface area (Å²) < 4.78 is 5.00. The van der Waals surface area contributed by atoms with E-state index >= 15 is 0 Å². The van der Waals surface area contributed by atoms with Crippen molar-refractivity contribution in [2.45, 2.75) is 27.2 Å². The zero-order valence-electron chi connectivity index (χ0n) is 10.4. The van der Waals surface area contributed by atoms with Crippen LogP contribution in [0.25, 0.3) is 0 Å². The van der Waals surface area contributed by atoms with Crippen LogP contribution < -0.4 is 0 Å². The Morgan fingerprint density at radius 2 is 2.18 bits per heavy atom. The van der Waals surface area contributed by atoms with Gasteiger partial charge in [0, 0.05) is 12.5 Å². The third kappa shape index (κ3) is 2.09. The molecule has 0 fully saturated rings. The lowest BCUT2D eigenvalue weighted by molar-refractivity contribution is -0.143. The quantitative estimate of drug-likeness (QED) is 0.735. The largest absolute Gasteiger partial charge is 0.465 e. The fourth-order valence-corrected chi connectivity index (χ4v) is 2.26. The van der Waals surface area contributed by atoms with E-state index in [1.165, 1.54) is 6.92 Å². The van der Waals surface area contributed by atoms with Gasteiger partial charge in [-0.15, -0.1) is 0 Å². The Morgan fingerprint density at radius 1 is 1.47 bits per heavy atom. The summed E-state index contributed by atoms with van der Waals surface area (Å²) in [6.45, 7) is 5.35. The molecular weight excluding hydrogens is 216 g/mol. The van der Waals surface area contributed by atoms with E-state index in [0.29, 0.717) is 6.42 Å². The van der Waals surface area contributed by atoms with E-state index in [1.54, 1.807) is 0 Å². The first-order chi connectivity index (χ1) is 7.92. The smallest absolute Gasteiger partial charge is 0.302 e. The molecule has 0 radical (unpaired) electrons. The van der Waals surface area contributed by atoms with Crippen LogP contribution in [0.3, 0.4) is 0 Å². The van der Waals surface area contributed by atoms with E-state index in [1.807, 2.05) is 32.0 Å². The van der Waals surface area contributed by atoms with Crippen molar-refractivity contribution in [1.29, 1.82) is 0 Å². The summed E-state index contributed by atoms with van der Waals surface area (Å²) >= 11 is 0. The molecule has 90 valence electrons. The Kier molecular flexibility index (Phi) is 2.77. The molecule has 1 unspecified atom stereocenters. The van der Waals surface area contributed by atoms with E-state index in [9.17, 15) is 9.59 Å². The number of ketones is 1. The third-order valence-corrected chi connectivity index (χ3v) is 3.23. The summed E-state index contributed by atoms with van der Waals surface area (Å²) in [5.74, 6) is -0.261. The van der Waals surface area contributed by atoms with E-state index < -0.39 is 5.41 Å². The van der Waals surface area contributed by atoms with Gasteiger partial charge in [-0.05, 0) is 31.9 Å². The lowest BCUT2D eigenvalue weighted by Gasteiger charge is -2.20. The van der Waals surface area contributed by atoms with Crippen LogP contribution in [0.4, 0.5) is 0 Å². The second-order valence-electron chi connectivity index (χ2n) is 5.01. The summed E-state index contributed by atoms with van der Waals surface area (Å²) in [6, 6.07) is 5.90. The first-order valence-corrected chi connectivity index (χ1v) is 5.70. The van der Waals surface area contributed by atoms with Crippen LogP contribution in [-0.2, 0) is 16.0 Å². The van der Waals surface area contributed by atoms with E-state index in [-0.39, 0.29) is 18.4 Å². The van der Waals surface area contributed by atoms with Crippen molar-refractivity contribution < 1.29 is 14.3 Å². The van der Waals surface area contributed by atoms with Crippen LogP contribution in [0, 0.1) is 12.3 Å². The van der Waals surface area contributed by atoms with Gasteiger partial charge in [-0.25, -0.2) is 0 Å². The average molecular weight is 232 g/mol. The SMILES string of the molecule is CC(=O)OCC1(C)Cc2ccc(C)cc2C1=O. The fourth-order valence-electron chi connectivity index (χ4n) is 2.26. The number of ether oxygens (including phenoxy) is 1. The third-order valence-electron chi connectivity index (χ3n) is 3.23. The van der Waals surface area contributed by atoms with Gasteiger partial charge in [0.15, 0.2) is 5.78 Å². The van der Waals surface area contributed by atoms with Crippen molar-refractivity contribution in [1.82, 2.24) is 0 Å². The predicted molar refractivity (Wildman–Crippen MR) is 64.0 cm³/mol. The summed E-state index contributed by atoms with van der Waals surface area (Å²) in [5, 5.41) is 0. The normalized spacial score (nSPS) is 22.4. The first kappa shape index (κ1) is 11.8. The van der Waals surface area contributed by atoms with Gasteiger partial charge >= 0.3 is 5.97 Å². The molecular formula is C14H16O3. The number of esters is 1. The highest BCUT2D eigenvalue weighted by molar-refractivity contribution is 6.05. The van der Waals surface area contributed by atoms with Crippen molar-refractivity contribution in [2.24, 2.45) is 5.41 Å². The number of rotatable bonds is 2. The molecule has 1 aromatic carbocycles. The molecule has 0 saturated carbocycles. The van der Waals surface area contributed by atoms with Crippen molar-refractivity contribution in [3.8, 4) is 0 Å². The van der Waals surface area contributed by atoms with Crippen molar-refractivity contribution in [2.75, 3.05) is 6.61 Å². The van der Waals surface area contributed by atoms with Gasteiger partial charge in [-0.3, -0.25) is 9.59 Å². The zero-order chi connectivity index (χ0) is 12.6. The van der Waals surface area contributed by atoms with E-state index in [4.69, 9.17) is 4.74 Å². The molecule has 1 atom stereocenters. The Balaban J connectivity index is 2.27. The summed E-state index contributed by atoms with van der Waals surface area (Å²) in [5.41, 5.74) is 2.31. The topological polar surface area (TPSA) is 43.4 Å². The highest BCUT2D eigenvalue weighted by atomic mass is 16.5. The standard InChI is InChI=1S/C14H16O3/c1-9-4-5-11-7-14(3,8-17-10(2)15)13(16)12(11)6-9/h4-6H,7-8H2,1-3H3. The number of carbonyl (C=O) groups excluding carboxylic acids is 2. The number of aryl methyl sites for hydroxylation is 1. The molecule has 0 aliphatic heterocycles. The van der Waals surface area contributed by atoms with Crippen LogP contribution in [0.5, 0.6) is 0 Å². The second-order valence-corrected chi connectivity index (χ2v) is 5.01. The van der Waals surface area contributed by atoms with Gasteiger partial charge in [-0.1, -0.05) is 17.7 Å². The van der Waals surface area contributed by atoms with Gasteiger partial charge in [0.1, 0.15) is 6.61 Å². The van der Waals surface area contributed by atoms with Gasteiger partial charge in [0.05, 0.1) is 5.41 Å².